The van der Waals surface area contributed by atoms with Crippen molar-refractivity contribution in [2.75, 3.05) is 0 Å². The normalized spacial score (nSPS) is 12.4. The lowest BCUT2D eigenvalue weighted by Gasteiger charge is -1.99. The number of carbonyl (C=O) groups excluding carboxylic acids is 2. The molecule has 0 heterocycles. The summed E-state index contributed by atoms with van der Waals surface area (Å²) in [7, 11) is -4.32. The van der Waals surface area contributed by atoms with Crippen LogP contribution in [0.5, 0.6) is 0 Å². The summed E-state index contributed by atoms with van der Waals surface area (Å²) in [5.74, 6) is 0. The molecule has 0 spiro atoms. The number of hydrogen-bond acceptors (Lipinski definition) is 6. The third-order valence-corrected chi connectivity index (χ3v) is 1.46. The molecule has 12 heavy (non-hydrogen) atoms. The molecule has 0 N–H and O–H groups in total. The van der Waals surface area contributed by atoms with Crippen LogP contribution in [0, 0.1) is 0 Å². The quantitative estimate of drug-likeness (QED) is 0.431. The van der Waals surface area contributed by atoms with Gasteiger partial charge in [0.05, 0.1) is 0 Å². The van der Waals surface area contributed by atoms with Gasteiger partial charge in [0.15, 0.2) is 6.23 Å². The van der Waals surface area contributed by atoms with Crippen LogP contribution in [0.25, 0.3) is 0 Å². The van der Waals surface area contributed by atoms with Crippen molar-refractivity contribution in [2.24, 2.45) is 9.39 Å². The van der Waals surface area contributed by atoms with Gasteiger partial charge in [-0.3, -0.25) is 0 Å². The molecule has 0 aliphatic rings. The van der Waals surface area contributed by atoms with Gasteiger partial charge in [-0.2, -0.15) is 13.4 Å². The molecule has 0 bridgehead atoms. The molecule has 0 rings (SSSR count). The van der Waals surface area contributed by atoms with Gasteiger partial charge in [0, 0.05) is 0 Å². The number of nitrogens with zero attached hydrogens (tertiary/aromatic N) is 2. The summed E-state index contributed by atoms with van der Waals surface area (Å²) < 4.78 is 27.3. The van der Waals surface area contributed by atoms with Gasteiger partial charge < -0.3 is 0 Å². The Labute approximate surface area is 68.0 Å². The molecule has 0 fully saturated rings. The Morgan fingerprint density at radius 3 is 2.33 bits per heavy atom. The van der Waals surface area contributed by atoms with Crippen molar-refractivity contribution >= 4 is 22.5 Å². The molecule has 0 aliphatic heterocycles. The van der Waals surface area contributed by atoms with Crippen molar-refractivity contribution < 1.29 is 22.2 Å². The molecule has 1 unspecified atom stereocenters. The number of isocyanates is 2. The molecular weight excluding hydrogens is 188 g/mol. The van der Waals surface area contributed by atoms with Gasteiger partial charge in [-0.15, -0.1) is 0 Å². The predicted molar refractivity (Wildman–Crippen MR) is 35.7 cm³/mol. The van der Waals surface area contributed by atoms with E-state index in [0.29, 0.717) is 0 Å². The van der Waals surface area contributed by atoms with Crippen LogP contribution in [-0.2, 0) is 24.1 Å². The molecule has 1 atom stereocenters. The van der Waals surface area contributed by atoms with Crippen LogP contribution < -0.4 is 0 Å². The summed E-state index contributed by atoms with van der Waals surface area (Å²) >= 11 is 0. The van der Waals surface area contributed by atoms with Gasteiger partial charge in [0.1, 0.15) is 0 Å². The Balaban J connectivity index is 4.45. The van der Waals surface area contributed by atoms with E-state index < -0.39 is 16.5 Å². The van der Waals surface area contributed by atoms with Gasteiger partial charge in [-0.05, 0) is 6.92 Å². The Kier molecular flexibility index (Phi) is 4.03. The first-order chi connectivity index (χ1) is 5.52. The van der Waals surface area contributed by atoms with Gasteiger partial charge in [-0.25, -0.2) is 13.8 Å². The van der Waals surface area contributed by atoms with Crippen molar-refractivity contribution in [1.29, 1.82) is 0 Å². The molecule has 0 saturated heterocycles. The van der Waals surface area contributed by atoms with Crippen molar-refractivity contribution in [3.8, 4) is 0 Å². The molecule has 0 aromatic rings. The second-order valence-corrected chi connectivity index (χ2v) is 2.76. The van der Waals surface area contributed by atoms with E-state index in [0.717, 1.165) is 12.2 Å². The maximum absolute atomic E-state index is 10.5. The topological polar surface area (TPSA) is 102 Å². The fraction of sp³-hybridized carbons (Fsp3) is 0.500. The smallest absolute Gasteiger partial charge is 0.224 e. The minimum Gasteiger partial charge on any atom is -0.224 e. The monoisotopic (exact) mass is 192 g/mol. The average molecular weight is 192 g/mol. The van der Waals surface area contributed by atoms with Gasteiger partial charge >= 0.3 is 10.3 Å². The Hall–Kier alpha value is -1.33. The predicted octanol–water partition coefficient (Wildman–Crippen LogP) is -0.735. The van der Waals surface area contributed by atoms with Crippen molar-refractivity contribution in [2.45, 2.75) is 13.2 Å². The maximum atomic E-state index is 10.5. The van der Waals surface area contributed by atoms with Crippen LogP contribution in [0.1, 0.15) is 6.92 Å². The van der Waals surface area contributed by atoms with E-state index in [1.165, 1.54) is 6.92 Å². The van der Waals surface area contributed by atoms with E-state index in [1.54, 1.807) is 0 Å². The molecule has 0 aromatic heterocycles. The molecule has 7 nitrogen and oxygen atoms in total. The van der Waals surface area contributed by atoms with E-state index in [9.17, 15) is 18.0 Å². The lowest BCUT2D eigenvalue weighted by molar-refractivity contribution is 0.239. The summed E-state index contributed by atoms with van der Waals surface area (Å²) in [5.41, 5.74) is 0. The lowest BCUT2D eigenvalue weighted by atomic mass is 10.7. The van der Waals surface area contributed by atoms with Crippen molar-refractivity contribution in [3.63, 3.8) is 0 Å². The van der Waals surface area contributed by atoms with Crippen LogP contribution >= 0.6 is 0 Å². The van der Waals surface area contributed by atoms with Crippen LogP contribution in [0.15, 0.2) is 9.39 Å². The van der Waals surface area contributed by atoms with Gasteiger partial charge in [0.25, 0.3) is 6.08 Å². The standard InChI is InChI=1S/C4H4N2O5S/c1-4(5-2-7)11-12(9,10)6-3-8/h4H,1H3. The number of aliphatic imine (C=N–C) groups is 1. The van der Waals surface area contributed by atoms with E-state index in [1.807, 2.05) is 0 Å². The summed E-state index contributed by atoms with van der Waals surface area (Å²) in [5, 5.41) is 0. The van der Waals surface area contributed by atoms with Crippen molar-refractivity contribution in [3.05, 3.63) is 0 Å². The lowest BCUT2D eigenvalue weighted by Crippen LogP contribution is -2.10. The van der Waals surface area contributed by atoms with E-state index in [-0.39, 0.29) is 0 Å². The number of rotatable bonds is 4. The highest BCUT2D eigenvalue weighted by molar-refractivity contribution is 7.85. The highest BCUT2D eigenvalue weighted by atomic mass is 32.2. The summed E-state index contributed by atoms with van der Waals surface area (Å²) in [4.78, 5) is 22.0. The van der Waals surface area contributed by atoms with Crippen LogP contribution in [0.4, 0.5) is 0 Å². The molecule has 0 aliphatic carbocycles. The Bertz CT molecular complexity index is 334. The van der Waals surface area contributed by atoms with Crippen molar-refractivity contribution in [1.82, 2.24) is 0 Å². The summed E-state index contributed by atoms with van der Waals surface area (Å²) in [6.07, 6.45) is 0.609. The van der Waals surface area contributed by atoms with Crippen LogP contribution in [0.2, 0.25) is 0 Å². The highest BCUT2D eigenvalue weighted by Gasteiger charge is 2.13. The summed E-state index contributed by atoms with van der Waals surface area (Å²) in [6.45, 7) is 1.17. The summed E-state index contributed by atoms with van der Waals surface area (Å²) in [6, 6.07) is 0. The molecule has 8 heteroatoms. The second kappa shape index (κ2) is 4.53. The second-order valence-electron chi connectivity index (χ2n) is 1.53. The van der Waals surface area contributed by atoms with Gasteiger partial charge in [-0.1, -0.05) is 4.40 Å². The minimum absolute atomic E-state index is 0.777. The van der Waals surface area contributed by atoms with E-state index >= 15 is 0 Å². The molecule has 0 amide bonds. The van der Waals surface area contributed by atoms with Crippen LogP contribution in [-0.4, -0.2) is 26.8 Å². The fourth-order valence-electron chi connectivity index (χ4n) is 0.339. The number of hydrogen-bond donors (Lipinski definition) is 0. The first-order valence-electron chi connectivity index (χ1n) is 2.61. The zero-order chi connectivity index (χ0) is 9.61. The van der Waals surface area contributed by atoms with E-state index in [4.69, 9.17) is 0 Å². The average Bonchev–Trinajstić information content (AvgIpc) is 1.85. The SMILES string of the molecule is CC(N=C=O)OS(=O)(=O)N=C=O. The van der Waals surface area contributed by atoms with Crippen LogP contribution in [0.3, 0.4) is 0 Å². The van der Waals surface area contributed by atoms with Gasteiger partial charge in [0.2, 0.25) is 6.08 Å². The fourth-order valence-corrected chi connectivity index (χ4v) is 0.868. The first-order valence-corrected chi connectivity index (χ1v) is 3.97. The molecule has 0 radical (unpaired) electrons. The largest absolute Gasteiger partial charge is 0.393 e. The minimum atomic E-state index is -4.32. The molecule has 66 valence electrons. The highest BCUT2D eigenvalue weighted by Crippen LogP contribution is 2.00. The Morgan fingerprint density at radius 1 is 1.33 bits per heavy atom. The third-order valence-electron chi connectivity index (χ3n) is 0.644. The zero-order valence-corrected chi connectivity index (χ0v) is 6.74. The zero-order valence-electron chi connectivity index (χ0n) is 5.92. The molecular formula is C4H4N2O5S. The Morgan fingerprint density at radius 2 is 1.92 bits per heavy atom. The van der Waals surface area contributed by atoms with E-state index in [2.05, 4.69) is 13.6 Å². The first kappa shape index (κ1) is 10.7. The third kappa shape index (κ3) is 4.48. The maximum Gasteiger partial charge on any atom is 0.393 e. The molecule has 0 saturated carbocycles. The molecule has 0 aromatic carbocycles.